The van der Waals surface area contributed by atoms with Gasteiger partial charge < -0.3 is 9.64 Å². The van der Waals surface area contributed by atoms with Crippen LogP contribution in [0.1, 0.15) is 47.7 Å². The highest BCUT2D eigenvalue weighted by Gasteiger charge is 2.43. The summed E-state index contributed by atoms with van der Waals surface area (Å²) in [5.41, 5.74) is 2.97. The van der Waals surface area contributed by atoms with Gasteiger partial charge in [0.25, 0.3) is 0 Å². The largest absolute Gasteiger partial charge is 0.368 e. The lowest BCUT2D eigenvalue weighted by atomic mass is 9.83. The second-order valence-corrected chi connectivity index (χ2v) is 7.99. The smallest absolute Gasteiger partial charge is 0.347 e. The normalized spacial score (nSPS) is 18.0. The number of likely N-dealkylation sites (tertiary alicyclic amines) is 1. The van der Waals surface area contributed by atoms with E-state index in [0.717, 1.165) is 42.0 Å². The number of carbonyl (C=O) groups excluding carboxylic acids is 1. The van der Waals surface area contributed by atoms with Crippen LogP contribution in [-0.4, -0.2) is 50.0 Å². The fourth-order valence-corrected chi connectivity index (χ4v) is 4.41. The van der Waals surface area contributed by atoms with Crippen LogP contribution in [-0.2, 0) is 28.1 Å². The van der Waals surface area contributed by atoms with Gasteiger partial charge in [-0.2, -0.15) is 4.98 Å². The molecule has 29 heavy (non-hydrogen) atoms. The zero-order valence-corrected chi connectivity index (χ0v) is 17.3. The fraction of sp³-hybridized carbons (Fsp3) is 0.571. The van der Waals surface area contributed by atoms with Crippen molar-refractivity contribution in [2.45, 2.75) is 58.6 Å². The third-order valence-corrected chi connectivity index (χ3v) is 5.99. The molecule has 0 aromatic carbocycles. The van der Waals surface area contributed by atoms with Crippen molar-refractivity contribution in [3.8, 4) is 0 Å². The minimum Gasteiger partial charge on any atom is -0.368 e. The van der Waals surface area contributed by atoms with Gasteiger partial charge in [-0.05, 0) is 51.7 Å². The van der Waals surface area contributed by atoms with E-state index in [1.165, 1.54) is 0 Å². The Balaban J connectivity index is 1.41. The van der Waals surface area contributed by atoms with E-state index in [2.05, 4.69) is 15.0 Å². The monoisotopic (exact) mass is 397 g/mol. The first-order valence-corrected chi connectivity index (χ1v) is 10.2. The Hall–Kier alpha value is -2.61. The first-order chi connectivity index (χ1) is 13.9. The van der Waals surface area contributed by atoms with Crippen LogP contribution in [0.4, 0.5) is 0 Å². The molecule has 1 saturated heterocycles. The van der Waals surface area contributed by atoms with Crippen molar-refractivity contribution in [1.29, 1.82) is 0 Å². The number of hydrogen-bond donors (Lipinski definition) is 0. The number of carbonyl (C=O) groups is 1. The maximum absolute atomic E-state index is 12.8. The molecular weight excluding hydrogens is 370 g/mol. The van der Waals surface area contributed by atoms with Crippen LogP contribution in [0.2, 0.25) is 0 Å². The maximum Gasteiger partial charge on any atom is 0.347 e. The fourth-order valence-electron chi connectivity index (χ4n) is 4.41. The molecule has 4 rings (SSSR count). The Morgan fingerprint density at radius 2 is 1.97 bits per heavy atom. The van der Waals surface area contributed by atoms with Gasteiger partial charge in [-0.25, -0.2) is 14.8 Å². The maximum atomic E-state index is 12.8. The summed E-state index contributed by atoms with van der Waals surface area (Å²) >= 11 is 0. The van der Waals surface area contributed by atoms with Crippen LogP contribution in [0.5, 0.6) is 0 Å². The molecular formula is C21H27N5O3. The molecule has 0 saturated carbocycles. The molecule has 1 amide bonds. The zero-order valence-electron chi connectivity index (χ0n) is 17.3. The Morgan fingerprint density at radius 3 is 2.69 bits per heavy atom. The highest BCUT2D eigenvalue weighted by molar-refractivity contribution is 5.76. The lowest BCUT2D eigenvalue weighted by Gasteiger charge is -2.44. The van der Waals surface area contributed by atoms with Gasteiger partial charge in [0.1, 0.15) is 11.4 Å². The number of rotatable bonds is 3. The Bertz CT molecular complexity index is 992. The molecule has 2 aromatic heterocycles. The highest BCUT2D eigenvalue weighted by atomic mass is 16.5. The lowest BCUT2D eigenvalue weighted by molar-refractivity contribution is -0.141. The summed E-state index contributed by atoms with van der Waals surface area (Å²) in [5.74, 6) is 0.807. The standard InChI is InChI=1S/C21H27N5O3/c1-14-12-15(2)26(20(28)23-14)8-4-18(27)25-9-6-21(7-10-25)19-17(5-11-29-21)13-22-16(3)24-19/h12-13H,4-11H2,1-3H3. The molecule has 1 spiro atoms. The molecule has 4 heterocycles. The molecule has 0 atom stereocenters. The van der Waals surface area contributed by atoms with Gasteiger partial charge in [0.2, 0.25) is 5.91 Å². The molecule has 8 heteroatoms. The molecule has 0 bridgehead atoms. The number of aryl methyl sites for hydroxylation is 3. The van der Waals surface area contributed by atoms with E-state index in [-0.39, 0.29) is 18.0 Å². The minimum absolute atomic E-state index is 0.0571. The van der Waals surface area contributed by atoms with E-state index < -0.39 is 5.60 Å². The van der Waals surface area contributed by atoms with Crippen LogP contribution >= 0.6 is 0 Å². The van der Waals surface area contributed by atoms with Gasteiger partial charge in [0.15, 0.2) is 0 Å². The summed E-state index contributed by atoms with van der Waals surface area (Å²) in [6.07, 6.45) is 4.49. The zero-order chi connectivity index (χ0) is 20.6. The van der Waals surface area contributed by atoms with Gasteiger partial charge in [-0.1, -0.05) is 0 Å². The van der Waals surface area contributed by atoms with Crippen molar-refractivity contribution in [3.05, 3.63) is 51.2 Å². The molecule has 8 nitrogen and oxygen atoms in total. The third kappa shape index (κ3) is 3.81. The van der Waals surface area contributed by atoms with Crippen molar-refractivity contribution in [2.24, 2.45) is 0 Å². The summed E-state index contributed by atoms with van der Waals surface area (Å²) < 4.78 is 7.77. The molecule has 2 aromatic rings. The number of fused-ring (bicyclic) bond motifs is 2. The van der Waals surface area contributed by atoms with Crippen LogP contribution in [0.25, 0.3) is 0 Å². The lowest BCUT2D eigenvalue weighted by Crippen LogP contribution is -2.49. The van der Waals surface area contributed by atoms with Gasteiger partial charge >= 0.3 is 5.69 Å². The predicted molar refractivity (Wildman–Crippen MR) is 107 cm³/mol. The summed E-state index contributed by atoms with van der Waals surface area (Å²) in [6.45, 7) is 7.83. The number of aromatic nitrogens is 4. The third-order valence-electron chi connectivity index (χ3n) is 5.99. The Labute approximate surface area is 170 Å². The summed E-state index contributed by atoms with van der Waals surface area (Å²) in [6, 6.07) is 1.86. The van der Waals surface area contributed by atoms with E-state index in [0.29, 0.717) is 31.9 Å². The van der Waals surface area contributed by atoms with Crippen LogP contribution in [0.15, 0.2) is 17.1 Å². The molecule has 2 aliphatic heterocycles. The average Bonchev–Trinajstić information content (AvgIpc) is 2.68. The Morgan fingerprint density at radius 1 is 1.21 bits per heavy atom. The number of hydrogen-bond acceptors (Lipinski definition) is 6. The van der Waals surface area contributed by atoms with E-state index >= 15 is 0 Å². The van der Waals surface area contributed by atoms with Crippen molar-refractivity contribution < 1.29 is 9.53 Å². The molecule has 154 valence electrons. The average molecular weight is 397 g/mol. The topological polar surface area (TPSA) is 90.2 Å². The summed E-state index contributed by atoms with van der Waals surface area (Å²) in [7, 11) is 0. The number of nitrogens with zero attached hydrogens (tertiary/aromatic N) is 5. The molecule has 0 aliphatic carbocycles. The van der Waals surface area contributed by atoms with E-state index in [4.69, 9.17) is 4.74 Å². The number of ether oxygens (including phenoxy) is 1. The quantitative estimate of drug-likeness (QED) is 0.778. The molecule has 0 radical (unpaired) electrons. The first-order valence-electron chi connectivity index (χ1n) is 10.2. The second kappa shape index (κ2) is 7.67. The van der Waals surface area contributed by atoms with E-state index in [9.17, 15) is 9.59 Å². The number of piperidine rings is 1. The van der Waals surface area contributed by atoms with E-state index in [1.54, 1.807) is 11.5 Å². The van der Waals surface area contributed by atoms with Gasteiger partial charge in [0, 0.05) is 43.6 Å². The first kappa shape index (κ1) is 19.7. The number of amides is 1. The summed E-state index contributed by atoms with van der Waals surface area (Å²) in [4.78, 5) is 39.7. The van der Waals surface area contributed by atoms with Gasteiger partial charge in [-0.3, -0.25) is 9.36 Å². The van der Waals surface area contributed by atoms with Gasteiger partial charge in [-0.15, -0.1) is 0 Å². The summed E-state index contributed by atoms with van der Waals surface area (Å²) in [5, 5.41) is 0. The van der Waals surface area contributed by atoms with Crippen LogP contribution in [0, 0.1) is 20.8 Å². The van der Waals surface area contributed by atoms with Crippen molar-refractivity contribution in [2.75, 3.05) is 19.7 Å². The van der Waals surface area contributed by atoms with Crippen LogP contribution < -0.4 is 5.69 Å². The second-order valence-electron chi connectivity index (χ2n) is 7.99. The Kier molecular flexibility index (Phi) is 5.21. The molecule has 0 unspecified atom stereocenters. The minimum atomic E-state index is -0.410. The molecule has 2 aliphatic rings. The van der Waals surface area contributed by atoms with Gasteiger partial charge in [0.05, 0.1) is 12.3 Å². The molecule has 1 fully saturated rings. The molecule has 0 N–H and O–H groups in total. The van der Waals surface area contributed by atoms with Crippen molar-refractivity contribution in [3.63, 3.8) is 0 Å². The van der Waals surface area contributed by atoms with E-state index in [1.807, 2.05) is 31.0 Å². The van der Waals surface area contributed by atoms with Crippen molar-refractivity contribution in [1.82, 2.24) is 24.4 Å². The predicted octanol–water partition coefficient (Wildman–Crippen LogP) is 1.44. The van der Waals surface area contributed by atoms with Crippen molar-refractivity contribution >= 4 is 5.91 Å². The highest BCUT2D eigenvalue weighted by Crippen LogP contribution is 2.40. The van der Waals surface area contributed by atoms with Crippen LogP contribution in [0.3, 0.4) is 0 Å². The SMILES string of the molecule is Cc1cc(C)n(CCC(=O)N2CCC3(CC2)OCCc2cnc(C)nc23)c(=O)n1.